The van der Waals surface area contributed by atoms with Gasteiger partial charge in [-0.25, -0.2) is 10.3 Å². The van der Waals surface area contributed by atoms with E-state index in [1.165, 1.54) is 19.3 Å². The molecule has 0 aliphatic carbocycles. The molecule has 0 rings (SSSR count). The second-order valence-electron chi connectivity index (χ2n) is 3.91. The quantitative estimate of drug-likeness (QED) is 0.578. The monoisotopic (exact) mass is 212 g/mol. The number of hydrogen-bond donors (Lipinski definition) is 4. The Hall–Kier alpha value is 0.190. The van der Waals surface area contributed by atoms with Crippen LogP contribution in [0.25, 0.3) is 0 Å². The Morgan fingerprint density at radius 1 is 1.15 bits per heavy atom. The standard InChI is InChI=1S/C8H18.H6N2O2S/c1-5-7-8(3,4)6-2;1-5(2,3)4/h5-7H2,1-4H3;3-4H,1-2H2. The molecule has 0 saturated heterocycles. The molecule has 0 unspecified atom stereocenters. The summed E-state index contributed by atoms with van der Waals surface area (Å²) < 4.78 is 15.4. The van der Waals surface area contributed by atoms with Gasteiger partial charge in [-0.05, 0) is 11.8 Å². The van der Waals surface area contributed by atoms with Gasteiger partial charge in [-0.3, -0.25) is 9.11 Å². The molecule has 5 heteroatoms. The molecule has 0 fully saturated rings. The van der Waals surface area contributed by atoms with E-state index in [9.17, 15) is 0 Å². The van der Waals surface area contributed by atoms with Gasteiger partial charge in [0.05, 0.1) is 0 Å². The molecule has 0 radical (unpaired) electrons. The van der Waals surface area contributed by atoms with E-state index >= 15 is 0 Å². The largest absolute Gasteiger partial charge is 0.273 e. The zero-order valence-corrected chi connectivity index (χ0v) is 9.90. The third-order valence-electron chi connectivity index (χ3n) is 1.88. The fraction of sp³-hybridized carbons (Fsp3) is 1.00. The zero-order chi connectivity index (χ0) is 11.1. The van der Waals surface area contributed by atoms with Crippen molar-refractivity contribution in [2.24, 2.45) is 15.7 Å². The van der Waals surface area contributed by atoms with Crippen LogP contribution >= 0.6 is 11.0 Å². The van der Waals surface area contributed by atoms with E-state index < -0.39 is 11.0 Å². The second-order valence-corrected chi connectivity index (χ2v) is 5.19. The zero-order valence-electron chi connectivity index (χ0n) is 9.08. The first-order valence-electron chi connectivity index (χ1n) is 4.46. The molecular formula is C8H24N2O2S. The van der Waals surface area contributed by atoms with Crippen molar-refractivity contribution >= 4 is 11.0 Å². The third-order valence-corrected chi connectivity index (χ3v) is 1.88. The maximum atomic E-state index is 7.72. The highest BCUT2D eigenvalue weighted by molar-refractivity contribution is 8.20. The van der Waals surface area contributed by atoms with E-state index in [0.29, 0.717) is 5.41 Å². The van der Waals surface area contributed by atoms with Crippen LogP contribution in [0.2, 0.25) is 0 Å². The molecule has 0 spiro atoms. The van der Waals surface area contributed by atoms with Crippen molar-refractivity contribution in [3.05, 3.63) is 0 Å². The molecule has 0 aromatic heterocycles. The molecular weight excluding hydrogens is 188 g/mol. The summed E-state index contributed by atoms with van der Waals surface area (Å²) in [5, 5.41) is 8.65. The Kier molecular flexibility index (Phi) is 7.97. The molecule has 0 aromatic rings. The first-order valence-corrected chi connectivity index (χ1v) is 6.13. The Bertz CT molecular complexity index is 118. The van der Waals surface area contributed by atoms with Crippen molar-refractivity contribution in [3.8, 4) is 0 Å². The molecule has 0 amide bonds. The van der Waals surface area contributed by atoms with Crippen LogP contribution in [-0.2, 0) is 0 Å². The fourth-order valence-corrected chi connectivity index (χ4v) is 0.854. The lowest BCUT2D eigenvalue weighted by atomic mass is 9.86. The van der Waals surface area contributed by atoms with Gasteiger partial charge in [-0.1, -0.05) is 51.5 Å². The summed E-state index contributed by atoms with van der Waals surface area (Å²) >= 11 is 0. The summed E-state index contributed by atoms with van der Waals surface area (Å²) in [5.74, 6) is 0. The predicted octanol–water partition coefficient (Wildman–Crippen LogP) is 2.71. The molecule has 0 atom stereocenters. The van der Waals surface area contributed by atoms with E-state index in [1.807, 2.05) is 0 Å². The van der Waals surface area contributed by atoms with Gasteiger partial charge in [-0.15, -0.1) is 0 Å². The number of nitrogens with two attached hydrogens (primary N) is 2. The molecule has 13 heavy (non-hydrogen) atoms. The first-order chi connectivity index (χ1) is 5.62. The van der Waals surface area contributed by atoms with Crippen molar-refractivity contribution < 1.29 is 9.11 Å². The minimum absolute atomic E-state index is 0.592. The van der Waals surface area contributed by atoms with Crippen LogP contribution < -0.4 is 10.3 Å². The van der Waals surface area contributed by atoms with Crippen LogP contribution in [0.15, 0.2) is 0 Å². The summed E-state index contributed by atoms with van der Waals surface area (Å²) in [5.41, 5.74) is 0.592. The Morgan fingerprint density at radius 2 is 1.46 bits per heavy atom. The number of rotatable bonds is 3. The summed E-state index contributed by atoms with van der Waals surface area (Å²) in [6, 6.07) is 0. The molecule has 4 nitrogen and oxygen atoms in total. The third kappa shape index (κ3) is 24.5. The SMILES string of the molecule is CCCC(C)(C)CC.NS(N)(O)O. The topological polar surface area (TPSA) is 92.5 Å². The van der Waals surface area contributed by atoms with Crippen molar-refractivity contribution in [2.75, 3.05) is 0 Å². The molecule has 84 valence electrons. The minimum atomic E-state index is -3.17. The fourth-order valence-electron chi connectivity index (χ4n) is 0.854. The van der Waals surface area contributed by atoms with Crippen molar-refractivity contribution in [1.29, 1.82) is 0 Å². The minimum Gasteiger partial charge on any atom is -0.273 e. The predicted molar refractivity (Wildman–Crippen MR) is 60.2 cm³/mol. The lowest BCUT2D eigenvalue weighted by Crippen LogP contribution is -2.16. The Balaban J connectivity index is 0. The summed E-state index contributed by atoms with van der Waals surface area (Å²) in [4.78, 5) is 0. The normalized spacial score (nSPS) is 13.2. The summed E-state index contributed by atoms with van der Waals surface area (Å²) in [6.07, 6.45) is 3.99. The highest BCUT2D eigenvalue weighted by Crippen LogP contribution is 2.25. The van der Waals surface area contributed by atoms with E-state index in [4.69, 9.17) is 9.11 Å². The van der Waals surface area contributed by atoms with Crippen LogP contribution in [0.5, 0.6) is 0 Å². The lowest BCUT2D eigenvalue weighted by molar-refractivity contribution is 0.319. The van der Waals surface area contributed by atoms with Crippen LogP contribution in [0.3, 0.4) is 0 Å². The Morgan fingerprint density at radius 3 is 1.54 bits per heavy atom. The molecule has 0 heterocycles. The van der Waals surface area contributed by atoms with Gasteiger partial charge < -0.3 is 0 Å². The summed E-state index contributed by atoms with van der Waals surface area (Å²) in [7, 11) is -3.17. The van der Waals surface area contributed by atoms with E-state index in [0.717, 1.165) is 0 Å². The van der Waals surface area contributed by atoms with E-state index in [1.54, 1.807) is 0 Å². The second kappa shape index (κ2) is 6.62. The van der Waals surface area contributed by atoms with Crippen LogP contribution in [-0.4, -0.2) is 9.11 Å². The molecule has 0 saturated carbocycles. The average molecular weight is 212 g/mol. The highest BCUT2D eigenvalue weighted by Gasteiger charge is 2.11. The van der Waals surface area contributed by atoms with Crippen LogP contribution in [0.1, 0.15) is 47.0 Å². The maximum absolute atomic E-state index is 7.72. The summed E-state index contributed by atoms with van der Waals surface area (Å²) in [6.45, 7) is 9.17. The lowest BCUT2D eigenvalue weighted by Gasteiger charge is -2.20. The molecule has 6 N–H and O–H groups in total. The molecule has 0 aliphatic heterocycles. The molecule has 0 bridgehead atoms. The van der Waals surface area contributed by atoms with E-state index in [2.05, 4.69) is 38.0 Å². The first kappa shape index (κ1) is 15.7. The average Bonchev–Trinajstić information content (AvgIpc) is 1.84. The Labute approximate surface area is 83.3 Å². The van der Waals surface area contributed by atoms with Gasteiger partial charge in [0.25, 0.3) is 0 Å². The van der Waals surface area contributed by atoms with Crippen LogP contribution in [0, 0.1) is 5.41 Å². The van der Waals surface area contributed by atoms with Crippen molar-refractivity contribution in [1.82, 2.24) is 0 Å². The number of hydrogen-bond acceptors (Lipinski definition) is 4. The molecule has 0 aromatic carbocycles. The van der Waals surface area contributed by atoms with Gasteiger partial charge in [0.15, 0.2) is 0 Å². The van der Waals surface area contributed by atoms with Gasteiger partial charge in [0, 0.05) is 0 Å². The highest BCUT2D eigenvalue weighted by atomic mass is 32.3. The van der Waals surface area contributed by atoms with Crippen LogP contribution in [0.4, 0.5) is 0 Å². The van der Waals surface area contributed by atoms with E-state index in [-0.39, 0.29) is 0 Å². The smallest absolute Gasteiger partial charge is 0.0357 e. The van der Waals surface area contributed by atoms with Gasteiger partial charge in [-0.2, -0.15) is 0 Å². The van der Waals surface area contributed by atoms with Gasteiger partial charge in [0.2, 0.25) is 0 Å². The van der Waals surface area contributed by atoms with Crippen molar-refractivity contribution in [2.45, 2.75) is 47.0 Å². The van der Waals surface area contributed by atoms with Gasteiger partial charge >= 0.3 is 0 Å². The van der Waals surface area contributed by atoms with Crippen molar-refractivity contribution in [3.63, 3.8) is 0 Å². The van der Waals surface area contributed by atoms with Gasteiger partial charge in [0.1, 0.15) is 0 Å². The maximum Gasteiger partial charge on any atom is -0.0357 e. The molecule has 0 aliphatic rings.